The average Bonchev–Trinajstić information content (AvgIpc) is 2.64. The van der Waals surface area contributed by atoms with Gasteiger partial charge in [0.2, 0.25) is 0 Å². The highest BCUT2D eigenvalue weighted by Crippen LogP contribution is 2.28. The van der Waals surface area contributed by atoms with Crippen molar-refractivity contribution in [3.8, 4) is 5.69 Å². The second-order valence-corrected chi connectivity index (χ2v) is 4.86. The normalized spacial score (nSPS) is 10.5. The van der Waals surface area contributed by atoms with Crippen LogP contribution in [0.5, 0.6) is 0 Å². The van der Waals surface area contributed by atoms with Crippen molar-refractivity contribution in [2.24, 2.45) is 0 Å². The van der Waals surface area contributed by atoms with Gasteiger partial charge in [0.05, 0.1) is 10.7 Å². The van der Waals surface area contributed by atoms with Crippen LogP contribution in [0, 0.1) is 6.92 Å². The lowest BCUT2D eigenvalue weighted by Gasteiger charge is -2.10. The summed E-state index contributed by atoms with van der Waals surface area (Å²) in [7, 11) is 0. The molecule has 0 unspecified atom stereocenters. The van der Waals surface area contributed by atoms with Crippen LogP contribution >= 0.6 is 27.5 Å². The molecule has 1 heterocycles. The molecule has 1 N–H and O–H groups in total. The average molecular weight is 315 g/mol. The third-order valence-electron chi connectivity index (χ3n) is 2.44. The second-order valence-electron chi connectivity index (χ2n) is 3.63. The lowest BCUT2D eigenvalue weighted by atomic mass is 10.2. The fourth-order valence-corrected chi connectivity index (χ4v) is 2.27. The number of aromatic carboxylic acids is 1. The first-order chi connectivity index (χ1) is 8.00. The second kappa shape index (κ2) is 4.55. The Morgan fingerprint density at radius 1 is 1.47 bits per heavy atom. The van der Waals surface area contributed by atoms with Gasteiger partial charge in [-0.2, -0.15) is 0 Å². The Morgan fingerprint density at radius 3 is 2.82 bits per heavy atom. The molecule has 3 nitrogen and oxygen atoms in total. The van der Waals surface area contributed by atoms with Crippen LogP contribution in [-0.2, 0) is 0 Å². The molecule has 5 heteroatoms. The van der Waals surface area contributed by atoms with Crippen molar-refractivity contribution >= 4 is 33.5 Å². The van der Waals surface area contributed by atoms with Gasteiger partial charge in [0.25, 0.3) is 0 Å². The van der Waals surface area contributed by atoms with Crippen LogP contribution < -0.4 is 0 Å². The molecule has 0 aliphatic rings. The maximum atomic E-state index is 11.1. The van der Waals surface area contributed by atoms with Crippen LogP contribution in [0.3, 0.4) is 0 Å². The van der Waals surface area contributed by atoms with E-state index in [4.69, 9.17) is 16.7 Å². The summed E-state index contributed by atoms with van der Waals surface area (Å²) in [6.07, 6.45) is 1.59. The molecule has 0 radical (unpaired) electrons. The standard InChI is InChI=1S/C12H9BrClNO2/c1-7-3-2-4-9(11(7)13)15-6-8(14)5-10(15)12(16)17/h2-6H,1H3,(H,16,17). The smallest absolute Gasteiger partial charge is 0.352 e. The van der Waals surface area contributed by atoms with Gasteiger partial charge >= 0.3 is 5.97 Å². The highest BCUT2D eigenvalue weighted by molar-refractivity contribution is 9.10. The van der Waals surface area contributed by atoms with Crippen LogP contribution in [0.25, 0.3) is 5.69 Å². The van der Waals surface area contributed by atoms with E-state index in [-0.39, 0.29) is 5.69 Å². The minimum atomic E-state index is -1.01. The molecule has 2 aromatic rings. The Labute approximate surface area is 112 Å². The molecule has 1 aromatic heterocycles. The molecule has 88 valence electrons. The van der Waals surface area contributed by atoms with Gasteiger partial charge in [-0.15, -0.1) is 0 Å². The Morgan fingerprint density at radius 2 is 2.18 bits per heavy atom. The van der Waals surface area contributed by atoms with Crippen molar-refractivity contribution in [1.82, 2.24) is 4.57 Å². The van der Waals surface area contributed by atoms with E-state index in [1.807, 2.05) is 25.1 Å². The van der Waals surface area contributed by atoms with E-state index in [0.717, 1.165) is 15.7 Å². The summed E-state index contributed by atoms with van der Waals surface area (Å²) >= 11 is 9.30. The van der Waals surface area contributed by atoms with Crippen molar-refractivity contribution < 1.29 is 9.90 Å². The van der Waals surface area contributed by atoms with E-state index < -0.39 is 5.97 Å². The fourth-order valence-electron chi connectivity index (χ4n) is 1.61. The SMILES string of the molecule is Cc1cccc(-n2cc(Cl)cc2C(=O)O)c1Br. The van der Waals surface area contributed by atoms with Crippen LogP contribution in [0.2, 0.25) is 5.02 Å². The number of carboxylic acids is 1. The van der Waals surface area contributed by atoms with Gasteiger partial charge in [0.1, 0.15) is 5.69 Å². The van der Waals surface area contributed by atoms with Gasteiger partial charge in [0, 0.05) is 10.7 Å². The molecule has 17 heavy (non-hydrogen) atoms. The molecule has 0 saturated carbocycles. The molecule has 0 atom stereocenters. The topological polar surface area (TPSA) is 42.2 Å². The molecule has 0 aliphatic heterocycles. The third-order valence-corrected chi connectivity index (χ3v) is 3.68. The van der Waals surface area contributed by atoms with E-state index in [0.29, 0.717) is 5.02 Å². The van der Waals surface area contributed by atoms with E-state index in [1.165, 1.54) is 6.07 Å². The lowest BCUT2D eigenvalue weighted by molar-refractivity contribution is 0.0688. The van der Waals surface area contributed by atoms with Crippen LogP contribution in [0.15, 0.2) is 34.9 Å². The van der Waals surface area contributed by atoms with Crippen molar-refractivity contribution in [2.75, 3.05) is 0 Å². The van der Waals surface area contributed by atoms with Crippen LogP contribution in [0.1, 0.15) is 16.1 Å². The number of hydrogen-bond acceptors (Lipinski definition) is 1. The first kappa shape index (κ1) is 12.2. The summed E-state index contributed by atoms with van der Waals surface area (Å²) in [5, 5.41) is 9.50. The quantitative estimate of drug-likeness (QED) is 0.913. The summed E-state index contributed by atoms with van der Waals surface area (Å²) in [6, 6.07) is 7.08. The van der Waals surface area contributed by atoms with E-state index >= 15 is 0 Å². The van der Waals surface area contributed by atoms with Gasteiger partial charge in [-0.3, -0.25) is 0 Å². The Kier molecular flexibility index (Phi) is 3.26. The van der Waals surface area contributed by atoms with E-state index in [1.54, 1.807) is 10.8 Å². The zero-order valence-corrected chi connectivity index (χ0v) is 11.3. The minimum Gasteiger partial charge on any atom is -0.477 e. The number of carboxylic acid groups (broad SMARTS) is 1. The minimum absolute atomic E-state index is 0.140. The maximum absolute atomic E-state index is 11.1. The monoisotopic (exact) mass is 313 g/mol. The molecule has 1 aromatic carbocycles. The number of carbonyl (C=O) groups is 1. The molecule has 0 fully saturated rings. The van der Waals surface area contributed by atoms with Crippen molar-refractivity contribution in [3.05, 3.63) is 51.2 Å². The number of aryl methyl sites for hydroxylation is 1. The number of aromatic nitrogens is 1. The number of rotatable bonds is 2. The highest BCUT2D eigenvalue weighted by atomic mass is 79.9. The summed E-state index contributed by atoms with van der Waals surface area (Å²) in [6.45, 7) is 1.94. The van der Waals surface area contributed by atoms with Gasteiger partial charge in [-0.05, 0) is 40.5 Å². The summed E-state index contributed by atoms with van der Waals surface area (Å²) in [5.41, 5.74) is 1.93. The van der Waals surface area contributed by atoms with Crippen molar-refractivity contribution in [1.29, 1.82) is 0 Å². The highest BCUT2D eigenvalue weighted by Gasteiger charge is 2.15. The van der Waals surface area contributed by atoms with Crippen LogP contribution in [0.4, 0.5) is 0 Å². The fraction of sp³-hybridized carbons (Fsp3) is 0.0833. The molecule has 0 spiro atoms. The van der Waals surface area contributed by atoms with Crippen molar-refractivity contribution in [3.63, 3.8) is 0 Å². The van der Waals surface area contributed by atoms with Gasteiger partial charge in [0.15, 0.2) is 0 Å². The van der Waals surface area contributed by atoms with E-state index in [2.05, 4.69) is 15.9 Å². The predicted molar refractivity (Wildman–Crippen MR) is 70.2 cm³/mol. The first-order valence-electron chi connectivity index (χ1n) is 4.87. The van der Waals surface area contributed by atoms with Crippen molar-refractivity contribution in [2.45, 2.75) is 6.92 Å². The number of benzene rings is 1. The van der Waals surface area contributed by atoms with Gasteiger partial charge < -0.3 is 9.67 Å². The molecule has 0 bridgehead atoms. The molecule has 0 amide bonds. The maximum Gasteiger partial charge on any atom is 0.352 e. The summed E-state index contributed by atoms with van der Waals surface area (Å²) in [5.74, 6) is -1.01. The number of halogens is 2. The summed E-state index contributed by atoms with van der Waals surface area (Å²) in [4.78, 5) is 11.1. The summed E-state index contributed by atoms with van der Waals surface area (Å²) < 4.78 is 2.41. The zero-order valence-electron chi connectivity index (χ0n) is 8.95. The first-order valence-corrected chi connectivity index (χ1v) is 6.04. The molecule has 2 rings (SSSR count). The third kappa shape index (κ3) is 2.23. The molecular weight excluding hydrogens is 305 g/mol. The molecule has 0 aliphatic carbocycles. The lowest BCUT2D eigenvalue weighted by Crippen LogP contribution is -2.06. The number of hydrogen-bond donors (Lipinski definition) is 1. The number of nitrogens with zero attached hydrogens (tertiary/aromatic N) is 1. The Balaban J connectivity index is 2.68. The van der Waals surface area contributed by atoms with Gasteiger partial charge in [-0.1, -0.05) is 23.7 Å². The Hall–Kier alpha value is -1.26. The van der Waals surface area contributed by atoms with Gasteiger partial charge in [-0.25, -0.2) is 4.79 Å². The van der Waals surface area contributed by atoms with E-state index in [9.17, 15) is 4.79 Å². The van der Waals surface area contributed by atoms with Crippen LogP contribution in [-0.4, -0.2) is 15.6 Å². The molecular formula is C12H9BrClNO2. The zero-order chi connectivity index (χ0) is 12.6. The predicted octanol–water partition coefficient (Wildman–Crippen LogP) is 3.90. The Bertz CT molecular complexity index is 592. The largest absolute Gasteiger partial charge is 0.477 e. The molecule has 0 saturated heterocycles.